The molecule has 0 fully saturated rings. The highest BCUT2D eigenvalue weighted by Crippen LogP contribution is 1.96. The molecule has 0 aliphatic rings. The highest BCUT2D eigenvalue weighted by Gasteiger charge is 2.08. The predicted octanol–water partition coefficient (Wildman–Crippen LogP) is 0.294. The second kappa shape index (κ2) is 7.99. The monoisotopic (exact) mass is 215 g/mol. The van der Waals surface area contributed by atoms with Gasteiger partial charge in [0.05, 0.1) is 12.5 Å². The van der Waals surface area contributed by atoms with Crippen LogP contribution < -0.4 is 5.32 Å². The molecule has 0 saturated heterocycles. The van der Waals surface area contributed by atoms with Crippen molar-refractivity contribution in [2.24, 2.45) is 0 Å². The molecule has 0 aromatic rings. The number of carboxylic acids is 1. The SMILES string of the molecule is CCC/C=C/C(O)CC(=O)NCC(=O)O. The molecule has 86 valence electrons. The number of hydrogen-bond donors (Lipinski definition) is 3. The summed E-state index contributed by atoms with van der Waals surface area (Å²) in [5, 5.41) is 19.8. The van der Waals surface area contributed by atoms with E-state index in [9.17, 15) is 14.7 Å². The fraction of sp³-hybridized carbons (Fsp3) is 0.600. The summed E-state index contributed by atoms with van der Waals surface area (Å²) in [6.07, 6.45) is 4.24. The molecule has 1 amide bonds. The Labute approximate surface area is 88.8 Å². The van der Waals surface area contributed by atoms with Crippen LogP contribution in [0.15, 0.2) is 12.2 Å². The molecular weight excluding hydrogens is 198 g/mol. The lowest BCUT2D eigenvalue weighted by Crippen LogP contribution is -2.31. The lowest BCUT2D eigenvalue weighted by atomic mass is 10.2. The average molecular weight is 215 g/mol. The van der Waals surface area contributed by atoms with Crippen molar-refractivity contribution in [2.75, 3.05) is 6.54 Å². The molecule has 0 spiro atoms. The highest BCUT2D eigenvalue weighted by atomic mass is 16.4. The van der Waals surface area contributed by atoms with Gasteiger partial charge in [-0.25, -0.2) is 0 Å². The van der Waals surface area contributed by atoms with E-state index < -0.39 is 24.5 Å². The predicted molar refractivity (Wildman–Crippen MR) is 55.3 cm³/mol. The molecule has 0 rings (SSSR count). The summed E-state index contributed by atoms with van der Waals surface area (Å²) in [6.45, 7) is 1.60. The number of aliphatic hydroxyl groups excluding tert-OH is 1. The summed E-state index contributed by atoms with van der Waals surface area (Å²) in [5.41, 5.74) is 0. The van der Waals surface area contributed by atoms with Gasteiger partial charge in [-0.1, -0.05) is 25.5 Å². The number of carbonyl (C=O) groups is 2. The maximum Gasteiger partial charge on any atom is 0.322 e. The number of rotatable bonds is 7. The van der Waals surface area contributed by atoms with Gasteiger partial charge in [-0.3, -0.25) is 9.59 Å². The van der Waals surface area contributed by atoms with Gasteiger partial charge in [0.2, 0.25) is 5.91 Å². The normalized spacial score (nSPS) is 12.7. The molecule has 0 aliphatic heterocycles. The summed E-state index contributed by atoms with van der Waals surface area (Å²) >= 11 is 0. The highest BCUT2D eigenvalue weighted by molar-refractivity contribution is 5.81. The zero-order chi connectivity index (χ0) is 11.7. The van der Waals surface area contributed by atoms with E-state index in [1.807, 2.05) is 6.92 Å². The zero-order valence-corrected chi connectivity index (χ0v) is 8.77. The van der Waals surface area contributed by atoms with E-state index in [1.165, 1.54) is 0 Å². The molecule has 0 aliphatic carbocycles. The lowest BCUT2D eigenvalue weighted by molar-refractivity contribution is -0.138. The number of nitrogens with one attached hydrogen (secondary N) is 1. The molecule has 5 nitrogen and oxygen atoms in total. The third-order valence-electron chi connectivity index (χ3n) is 1.64. The van der Waals surface area contributed by atoms with Crippen molar-refractivity contribution in [1.82, 2.24) is 5.32 Å². The number of aliphatic hydroxyl groups is 1. The Kier molecular flexibility index (Phi) is 7.27. The van der Waals surface area contributed by atoms with Crippen LogP contribution in [-0.4, -0.2) is 34.7 Å². The maximum absolute atomic E-state index is 11.0. The summed E-state index contributed by atoms with van der Waals surface area (Å²) in [7, 11) is 0. The molecule has 1 unspecified atom stereocenters. The fourth-order valence-electron chi connectivity index (χ4n) is 0.924. The van der Waals surface area contributed by atoms with Gasteiger partial charge in [0.15, 0.2) is 0 Å². The minimum atomic E-state index is -1.10. The first kappa shape index (κ1) is 13.6. The number of carbonyl (C=O) groups excluding carboxylic acids is 1. The number of aliphatic carboxylic acids is 1. The van der Waals surface area contributed by atoms with E-state index in [-0.39, 0.29) is 6.42 Å². The minimum Gasteiger partial charge on any atom is -0.480 e. The van der Waals surface area contributed by atoms with Crippen LogP contribution in [0.5, 0.6) is 0 Å². The van der Waals surface area contributed by atoms with Crippen LogP contribution >= 0.6 is 0 Å². The quantitative estimate of drug-likeness (QED) is 0.533. The second-order valence-corrected chi connectivity index (χ2v) is 3.16. The first-order chi connectivity index (χ1) is 7.06. The van der Waals surface area contributed by atoms with Crippen LogP contribution in [0.3, 0.4) is 0 Å². The van der Waals surface area contributed by atoms with Crippen molar-refractivity contribution < 1.29 is 19.8 Å². The molecule has 0 aromatic heterocycles. The van der Waals surface area contributed by atoms with Crippen LogP contribution in [0.2, 0.25) is 0 Å². The minimum absolute atomic E-state index is 0.104. The zero-order valence-electron chi connectivity index (χ0n) is 8.77. The van der Waals surface area contributed by atoms with Crippen molar-refractivity contribution >= 4 is 11.9 Å². The van der Waals surface area contributed by atoms with Crippen molar-refractivity contribution in [2.45, 2.75) is 32.3 Å². The topological polar surface area (TPSA) is 86.6 Å². The summed E-state index contributed by atoms with van der Waals surface area (Å²) < 4.78 is 0. The van der Waals surface area contributed by atoms with Crippen LogP contribution in [0.1, 0.15) is 26.2 Å². The summed E-state index contributed by atoms with van der Waals surface area (Å²) in [5.74, 6) is -1.56. The molecule has 0 aromatic carbocycles. The van der Waals surface area contributed by atoms with Gasteiger partial charge in [-0.05, 0) is 6.42 Å². The molecular formula is C10H17NO4. The Bertz CT molecular complexity index is 238. The largest absolute Gasteiger partial charge is 0.480 e. The van der Waals surface area contributed by atoms with E-state index in [0.29, 0.717) is 0 Å². The standard InChI is InChI=1S/C10H17NO4/c1-2-3-4-5-8(12)6-9(13)11-7-10(14)15/h4-5,8,12H,2-3,6-7H2,1H3,(H,11,13)(H,14,15)/b5-4+. The molecule has 0 saturated carbocycles. The Balaban J connectivity index is 3.71. The van der Waals surface area contributed by atoms with Crippen molar-refractivity contribution in [3.63, 3.8) is 0 Å². The second-order valence-electron chi connectivity index (χ2n) is 3.16. The lowest BCUT2D eigenvalue weighted by Gasteiger charge is -2.05. The van der Waals surface area contributed by atoms with E-state index in [1.54, 1.807) is 12.2 Å². The summed E-state index contributed by atoms with van der Waals surface area (Å²) in [4.78, 5) is 21.1. The third-order valence-corrected chi connectivity index (χ3v) is 1.64. The molecule has 3 N–H and O–H groups in total. The van der Waals surface area contributed by atoms with Gasteiger partial charge < -0.3 is 15.5 Å². The average Bonchev–Trinajstić information content (AvgIpc) is 2.15. The smallest absolute Gasteiger partial charge is 0.322 e. The number of unbranched alkanes of at least 4 members (excludes halogenated alkanes) is 1. The third kappa shape index (κ3) is 8.96. The molecule has 0 bridgehead atoms. The van der Waals surface area contributed by atoms with E-state index in [2.05, 4.69) is 5.32 Å². The number of amides is 1. The Morgan fingerprint density at radius 3 is 2.67 bits per heavy atom. The van der Waals surface area contributed by atoms with Gasteiger partial charge in [-0.15, -0.1) is 0 Å². The molecule has 1 atom stereocenters. The Hall–Kier alpha value is -1.36. The fourth-order valence-corrected chi connectivity index (χ4v) is 0.924. The molecule has 0 heterocycles. The Morgan fingerprint density at radius 1 is 1.47 bits per heavy atom. The first-order valence-electron chi connectivity index (χ1n) is 4.89. The van der Waals surface area contributed by atoms with Gasteiger partial charge in [0.25, 0.3) is 0 Å². The Morgan fingerprint density at radius 2 is 2.13 bits per heavy atom. The van der Waals surface area contributed by atoms with Crippen LogP contribution in [-0.2, 0) is 9.59 Å². The van der Waals surface area contributed by atoms with Gasteiger partial charge >= 0.3 is 5.97 Å². The van der Waals surface area contributed by atoms with Crippen LogP contribution in [0, 0.1) is 0 Å². The molecule has 5 heteroatoms. The maximum atomic E-state index is 11.0. The van der Waals surface area contributed by atoms with Crippen molar-refractivity contribution in [1.29, 1.82) is 0 Å². The number of carboxylic acid groups (broad SMARTS) is 1. The van der Waals surface area contributed by atoms with E-state index >= 15 is 0 Å². The number of allylic oxidation sites excluding steroid dienone is 1. The van der Waals surface area contributed by atoms with Crippen LogP contribution in [0.4, 0.5) is 0 Å². The van der Waals surface area contributed by atoms with Gasteiger partial charge in [0, 0.05) is 0 Å². The summed E-state index contributed by atoms with van der Waals surface area (Å²) in [6, 6.07) is 0. The molecule has 0 radical (unpaired) electrons. The number of hydrogen-bond acceptors (Lipinski definition) is 3. The van der Waals surface area contributed by atoms with Gasteiger partial charge in [-0.2, -0.15) is 0 Å². The van der Waals surface area contributed by atoms with Crippen molar-refractivity contribution in [3.05, 3.63) is 12.2 Å². The van der Waals surface area contributed by atoms with Crippen LogP contribution in [0.25, 0.3) is 0 Å². The molecule has 15 heavy (non-hydrogen) atoms. The van der Waals surface area contributed by atoms with E-state index in [4.69, 9.17) is 5.11 Å². The van der Waals surface area contributed by atoms with E-state index in [0.717, 1.165) is 12.8 Å². The van der Waals surface area contributed by atoms with Gasteiger partial charge in [0.1, 0.15) is 6.54 Å². The first-order valence-corrected chi connectivity index (χ1v) is 4.89. The van der Waals surface area contributed by atoms with Crippen molar-refractivity contribution in [3.8, 4) is 0 Å².